The lowest BCUT2D eigenvalue weighted by Crippen LogP contribution is -2.35. The van der Waals surface area contributed by atoms with Gasteiger partial charge in [0.2, 0.25) is 5.91 Å². The molecule has 1 aliphatic rings. The van der Waals surface area contributed by atoms with Gasteiger partial charge in [-0.05, 0) is 33.1 Å². The lowest BCUT2D eigenvalue weighted by Gasteiger charge is -2.24. The monoisotopic (exact) mass is 266 g/mol. The maximum Gasteiger partial charge on any atom is 0.410 e. The Bertz CT molecular complexity index is 379. The molecule has 0 aromatic heterocycles. The second-order valence-electron chi connectivity index (χ2n) is 5.77. The second kappa shape index (κ2) is 6.46. The van der Waals surface area contributed by atoms with Gasteiger partial charge in [-0.25, -0.2) is 4.79 Å². The summed E-state index contributed by atoms with van der Waals surface area (Å²) < 4.78 is 5.30. The van der Waals surface area contributed by atoms with Gasteiger partial charge < -0.3 is 15.0 Å². The number of ether oxygens (including phenoxy) is 1. The van der Waals surface area contributed by atoms with Gasteiger partial charge in [0, 0.05) is 19.5 Å². The van der Waals surface area contributed by atoms with Crippen LogP contribution in [0.3, 0.4) is 0 Å². The first-order chi connectivity index (χ1) is 8.81. The highest BCUT2D eigenvalue weighted by Gasteiger charge is 2.30. The molecule has 0 bridgehead atoms. The average molecular weight is 266 g/mol. The Labute approximate surface area is 114 Å². The molecule has 1 heterocycles. The van der Waals surface area contributed by atoms with Crippen LogP contribution in [0.1, 0.15) is 33.6 Å². The van der Waals surface area contributed by atoms with Gasteiger partial charge in [-0.2, -0.15) is 0 Å². The van der Waals surface area contributed by atoms with E-state index in [2.05, 4.69) is 11.2 Å². The molecule has 1 rings (SSSR count). The molecule has 0 saturated carbocycles. The summed E-state index contributed by atoms with van der Waals surface area (Å²) >= 11 is 0. The van der Waals surface area contributed by atoms with Gasteiger partial charge in [0.15, 0.2) is 0 Å². The maximum absolute atomic E-state index is 11.8. The Kier molecular flexibility index (Phi) is 5.22. The van der Waals surface area contributed by atoms with Crippen molar-refractivity contribution < 1.29 is 14.3 Å². The number of carbonyl (C=O) groups is 2. The molecule has 0 radical (unpaired) electrons. The Morgan fingerprint density at radius 3 is 2.74 bits per heavy atom. The minimum Gasteiger partial charge on any atom is -0.444 e. The van der Waals surface area contributed by atoms with Crippen molar-refractivity contribution in [2.75, 3.05) is 19.6 Å². The molecule has 1 unspecified atom stereocenters. The fraction of sp³-hybridized carbons (Fsp3) is 0.714. The number of likely N-dealkylation sites (tertiary alicyclic amines) is 1. The lowest BCUT2D eigenvalue weighted by molar-refractivity contribution is -0.121. The van der Waals surface area contributed by atoms with Crippen molar-refractivity contribution >= 4 is 12.0 Å². The predicted molar refractivity (Wildman–Crippen MR) is 72.4 cm³/mol. The molecule has 1 saturated heterocycles. The predicted octanol–water partition coefficient (Wildman–Crippen LogP) is 1.38. The summed E-state index contributed by atoms with van der Waals surface area (Å²) in [6.07, 6.45) is 5.99. The molecule has 1 N–H and O–H groups in total. The summed E-state index contributed by atoms with van der Waals surface area (Å²) in [6.45, 7) is 6.98. The van der Waals surface area contributed by atoms with Gasteiger partial charge in [0.05, 0.1) is 6.54 Å². The van der Waals surface area contributed by atoms with Gasteiger partial charge in [0.1, 0.15) is 5.60 Å². The highest BCUT2D eigenvalue weighted by atomic mass is 16.6. The summed E-state index contributed by atoms with van der Waals surface area (Å²) in [5.41, 5.74) is -0.487. The third-order valence-electron chi connectivity index (χ3n) is 2.80. The van der Waals surface area contributed by atoms with Crippen molar-refractivity contribution in [3.05, 3.63) is 0 Å². The van der Waals surface area contributed by atoms with Crippen LogP contribution in [0.15, 0.2) is 0 Å². The highest BCUT2D eigenvalue weighted by Crippen LogP contribution is 2.21. The van der Waals surface area contributed by atoms with E-state index in [0.717, 1.165) is 6.42 Å². The van der Waals surface area contributed by atoms with E-state index in [1.807, 2.05) is 20.8 Å². The normalized spacial score (nSPS) is 18.8. The molecule has 106 valence electrons. The van der Waals surface area contributed by atoms with E-state index in [1.54, 1.807) is 4.90 Å². The average Bonchev–Trinajstić information content (AvgIpc) is 2.72. The lowest BCUT2D eigenvalue weighted by atomic mass is 10.0. The van der Waals surface area contributed by atoms with Gasteiger partial charge in [-0.15, -0.1) is 6.42 Å². The quantitative estimate of drug-likeness (QED) is 0.785. The van der Waals surface area contributed by atoms with Crippen molar-refractivity contribution in [2.24, 2.45) is 5.92 Å². The molecule has 0 aliphatic carbocycles. The first-order valence-electron chi connectivity index (χ1n) is 6.50. The second-order valence-corrected chi connectivity index (χ2v) is 5.77. The summed E-state index contributed by atoms with van der Waals surface area (Å²) in [4.78, 5) is 25.0. The van der Waals surface area contributed by atoms with Gasteiger partial charge in [-0.1, -0.05) is 5.92 Å². The standard InChI is InChI=1S/C14H22N2O3/c1-5-7-15-12(17)9-11-6-8-16(10-11)13(18)19-14(2,3)4/h1,11H,6-10H2,2-4H3,(H,15,17). The molecule has 5 nitrogen and oxygen atoms in total. The molecule has 5 heteroatoms. The first kappa shape index (κ1) is 15.4. The number of hydrogen-bond acceptors (Lipinski definition) is 3. The molecule has 19 heavy (non-hydrogen) atoms. The van der Waals surface area contributed by atoms with E-state index in [1.165, 1.54) is 0 Å². The molecule has 1 fully saturated rings. The Hall–Kier alpha value is -1.70. The first-order valence-corrected chi connectivity index (χ1v) is 6.50. The smallest absolute Gasteiger partial charge is 0.410 e. The van der Waals surface area contributed by atoms with Crippen LogP contribution in [0.2, 0.25) is 0 Å². The number of terminal acetylenes is 1. The van der Waals surface area contributed by atoms with Gasteiger partial charge >= 0.3 is 6.09 Å². The van der Waals surface area contributed by atoms with Crippen molar-refractivity contribution in [3.63, 3.8) is 0 Å². The van der Waals surface area contributed by atoms with Gasteiger partial charge in [0.25, 0.3) is 0 Å². The number of nitrogens with one attached hydrogen (secondary N) is 1. The maximum atomic E-state index is 11.8. The van der Waals surface area contributed by atoms with E-state index in [9.17, 15) is 9.59 Å². The van der Waals surface area contributed by atoms with Crippen LogP contribution in [0.25, 0.3) is 0 Å². The largest absolute Gasteiger partial charge is 0.444 e. The molecule has 0 aromatic carbocycles. The van der Waals surface area contributed by atoms with Crippen LogP contribution in [-0.2, 0) is 9.53 Å². The van der Waals surface area contributed by atoms with E-state index < -0.39 is 5.60 Å². The summed E-state index contributed by atoms with van der Waals surface area (Å²) in [5, 5.41) is 2.63. The van der Waals surface area contributed by atoms with Crippen molar-refractivity contribution in [3.8, 4) is 12.3 Å². The third-order valence-corrected chi connectivity index (χ3v) is 2.80. The molecule has 1 atom stereocenters. The Morgan fingerprint density at radius 2 is 2.16 bits per heavy atom. The fourth-order valence-corrected chi connectivity index (χ4v) is 1.98. The topological polar surface area (TPSA) is 58.6 Å². The third kappa shape index (κ3) is 5.64. The van der Waals surface area contributed by atoms with Crippen molar-refractivity contribution in [2.45, 2.75) is 39.2 Å². The SMILES string of the molecule is C#CCNC(=O)CC1CCN(C(=O)OC(C)(C)C)C1. The van der Waals surface area contributed by atoms with Crippen LogP contribution >= 0.6 is 0 Å². The van der Waals surface area contributed by atoms with Crippen molar-refractivity contribution in [1.82, 2.24) is 10.2 Å². The fourth-order valence-electron chi connectivity index (χ4n) is 1.98. The number of amides is 2. The van der Waals surface area contributed by atoms with Crippen LogP contribution < -0.4 is 5.32 Å². The molecule has 1 aliphatic heterocycles. The summed E-state index contributed by atoms with van der Waals surface area (Å²) in [6, 6.07) is 0. The molecular formula is C14H22N2O3. The van der Waals surface area contributed by atoms with E-state index >= 15 is 0 Å². The molecule has 0 spiro atoms. The molecular weight excluding hydrogens is 244 g/mol. The van der Waals surface area contributed by atoms with Crippen LogP contribution in [0, 0.1) is 18.3 Å². The van der Waals surface area contributed by atoms with E-state index in [4.69, 9.17) is 11.2 Å². The molecule has 0 aromatic rings. The van der Waals surface area contributed by atoms with E-state index in [0.29, 0.717) is 19.5 Å². The number of carbonyl (C=O) groups excluding carboxylic acids is 2. The van der Waals surface area contributed by atoms with E-state index in [-0.39, 0.29) is 24.5 Å². The zero-order chi connectivity index (χ0) is 14.5. The molecule has 2 amide bonds. The Balaban J connectivity index is 2.35. The highest BCUT2D eigenvalue weighted by molar-refractivity contribution is 5.76. The van der Waals surface area contributed by atoms with Crippen molar-refractivity contribution in [1.29, 1.82) is 0 Å². The number of nitrogens with zero attached hydrogens (tertiary/aromatic N) is 1. The van der Waals surface area contributed by atoms with Crippen LogP contribution in [0.5, 0.6) is 0 Å². The van der Waals surface area contributed by atoms with Gasteiger partial charge in [-0.3, -0.25) is 4.79 Å². The zero-order valence-corrected chi connectivity index (χ0v) is 11.9. The summed E-state index contributed by atoms with van der Waals surface area (Å²) in [7, 11) is 0. The summed E-state index contributed by atoms with van der Waals surface area (Å²) in [5.74, 6) is 2.48. The van der Waals surface area contributed by atoms with Crippen LogP contribution in [-0.4, -0.2) is 42.1 Å². The number of hydrogen-bond donors (Lipinski definition) is 1. The Morgan fingerprint density at radius 1 is 1.47 bits per heavy atom. The van der Waals surface area contributed by atoms with Crippen LogP contribution in [0.4, 0.5) is 4.79 Å². The minimum atomic E-state index is -0.487. The zero-order valence-electron chi connectivity index (χ0n) is 11.9. The minimum absolute atomic E-state index is 0.0611. The number of rotatable bonds is 3.